The lowest BCUT2D eigenvalue weighted by Crippen LogP contribution is -2.31. The first kappa shape index (κ1) is 16.5. The van der Waals surface area contributed by atoms with Crippen LogP contribution in [0.5, 0.6) is 0 Å². The van der Waals surface area contributed by atoms with Crippen LogP contribution in [-0.4, -0.2) is 37.0 Å². The molecule has 0 N–H and O–H groups in total. The maximum absolute atomic E-state index is 12.1. The molecule has 22 heavy (non-hydrogen) atoms. The van der Waals surface area contributed by atoms with Gasteiger partial charge in [-0.3, -0.25) is 4.79 Å². The number of rotatable bonds is 5. The molecule has 0 fully saturated rings. The summed E-state index contributed by atoms with van der Waals surface area (Å²) in [6.45, 7) is 0.0729. The van der Waals surface area contributed by atoms with E-state index in [0.717, 1.165) is 12.8 Å². The monoisotopic (exact) mass is 320 g/mol. The molecule has 1 aliphatic rings. The van der Waals surface area contributed by atoms with E-state index in [-0.39, 0.29) is 18.9 Å². The Kier molecular flexibility index (Phi) is 5.96. The average Bonchev–Trinajstić information content (AvgIpc) is 2.80. The molecule has 0 unspecified atom stereocenters. The van der Waals surface area contributed by atoms with Gasteiger partial charge in [-0.05, 0) is 37.3 Å². The average molecular weight is 320 g/mol. The fraction of sp³-hybridized carbons (Fsp3) is 0.562. The van der Waals surface area contributed by atoms with E-state index < -0.39 is 5.97 Å². The maximum atomic E-state index is 12.1. The van der Waals surface area contributed by atoms with Crippen molar-refractivity contribution in [2.75, 3.05) is 20.2 Å². The van der Waals surface area contributed by atoms with Gasteiger partial charge >= 0.3 is 5.97 Å². The van der Waals surface area contributed by atoms with Crippen LogP contribution in [0.3, 0.4) is 0 Å². The number of hydrogen-bond donors (Lipinski definition) is 0. The molecule has 1 aromatic rings. The molecule has 6 heteroatoms. The first-order valence-electron chi connectivity index (χ1n) is 7.51. The summed E-state index contributed by atoms with van der Waals surface area (Å²) in [7, 11) is 1.60. The lowest BCUT2D eigenvalue weighted by Gasteiger charge is -2.14. The van der Waals surface area contributed by atoms with Gasteiger partial charge in [-0.25, -0.2) is 4.79 Å². The van der Waals surface area contributed by atoms with Crippen LogP contribution in [0, 0.1) is 11.3 Å². The molecule has 2 rings (SSSR count). The second kappa shape index (κ2) is 7.95. The number of nitrogens with zero attached hydrogens (tertiary/aromatic N) is 2. The van der Waals surface area contributed by atoms with Gasteiger partial charge in [-0.1, -0.05) is 6.42 Å². The molecule has 0 bridgehead atoms. The molecule has 1 heterocycles. The number of fused-ring (bicyclic) bond motifs is 1. The molecule has 0 atom stereocenters. The van der Waals surface area contributed by atoms with E-state index in [0.29, 0.717) is 11.4 Å². The van der Waals surface area contributed by atoms with Crippen LogP contribution in [0.4, 0.5) is 0 Å². The summed E-state index contributed by atoms with van der Waals surface area (Å²) in [5.74, 6) is -0.721. The largest absolute Gasteiger partial charge is 0.451 e. The summed E-state index contributed by atoms with van der Waals surface area (Å²) in [5.41, 5.74) is 1.26. The van der Waals surface area contributed by atoms with Gasteiger partial charge in [0.25, 0.3) is 5.91 Å². The zero-order chi connectivity index (χ0) is 15.9. The van der Waals surface area contributed by atoms with Crippen LogP contribution in [0.25, 0.3) is 0 Å². The van der Waals surface area contributed by atoms with E-state index in [1.165, 1.54) is 45.9 Å². The first-order chi connectivity index (χ1) is 10.6. The highest BCUT2D eigenvalue weighted by Crippen LogP contribution is 2.29. The van der Waals surface area contributed by atoms with Crippen LogP contribution in [0.1, 0.15) is 45.8 Å². The Morgan fingerprint density at radius 3 is 2.91 bits per heavy atom. The van der Waals surface area contributed by atoms with E-state index in [4.69, 9.17) is 10.00 Å². The summed E-state index contributed by atoms with van der Waals surface area (Å²) in [6, 6.07) is 3.89. The fourth-order valence-electron chi connectivity index (χ4n) is 2.42. The smallest absolute Gasteiger partial charge is 0.348 e. The molecule has 0 aliphatic heterocycles. The molecule has 0 aromatic carbocycles. The molecule has 5 nitrogen and oxygen atoms in total. The fourth-order valence-corrected chi connectivity index (χ4v) is 3.57. The van der Waals surface area contributed by atoms with Crippen LogP contribution >= 0.6 is 11.3 Å². The Balaban J connectivity index is 1.87. The Labute approximate surface area is 134 Å². The van der Waals surface area contributed by atoms with Gasteiger partial charge in [0.1, 0.15) is 4.88 Å². The number of amides is 1. The number of esters is 1. The first-order valence-corrected chi connectivity index (χ1v) is 8.33. The highest BCUT2D eigenvalue weighted by atomic mass is 32.1. The normalized spacial score (nSPS) is 13.6. The van der Waals surface area contributed by atoms with Gasteiger partial charge in [-0.15, -0.1) is 11.3 Å². The molecule has 1 aromatic heterocycles. The standard InChI is InChI=1S/C16H20N2O3S/c1-18(9-5-8-17)15(19)11-21-16(20)14-10-12-6-3-2-4-7-13(12)22-14/h10H,2-7,9,11H2,1H3. The molecule has 118 valence electrons. The van der Waals surface area contributed by atoms with Gasteiger partial charge in [0.2, 0.25) is 0 Å². The lowest BCUT2D eigenvalue weighted by atomic mass is 10.1. The Morgan fingerprint density at radius 2 is 2.14 bits per heavy atom. The Morgan fingerprint density at radius 1 is 1.36 bits per heavy atom. The van der Waals surface area contributed by atoms with Crippen LogP contribution in [-0.2, 0) is 22.4 Å². The topological polar surface area (TPSA) is 70.4 Å². The second-order valence-corrected chi connectivity index (χ2v) is 6.56. The van der Waals surface area contributed by atoms with Crippen molar-refractivity contribution >= 4 is 23.2 Å². The third kappa shape index (κ3) is 4.31. The highest BCUT2D eigenvalue weighted by Gasteiger charge is 2.19. The maximum Gasteiger partial charge on any atom is 0.348 e. The van der Waals surface area contributed by atoms with E-state index in [1.807, 2.05) is 12.1 Å². The minimum absolute atomic E-state index is 0.272. The van der Waals surface area contributed by atoms with E-state index in [1.54, 1.807) is 7.05 Å². The predicted octanol–water partition coefficient (Wildman–Crippen LogP) is 2.55. The molecular formula is C16H20N2O3S. The summed E-state index contributed by atoms with van der Waals surface area (Å²) >= 11 is 1.49. The summed E-state index contributed by atoms with van der Waals surface area (Å²) in [5, 5.41) is 8.49. The number of carbonyl (C=O) groups excluding carboxylic acids is 2. The zero-order valence-electron chi connectivity index (χ0n) is 12.8. The number of nitriles is 1. The van der Waals surface area contributed by atoms with Crippen molar-refractivity contribution in [3.8, 4) is 6.07 Å². The molecule has 0 radical (unpaired) electrons. The van der Waals surface area contributed by atoms with Crippen molar-refractivity contribution in [3.05, 3.63) is 21.4 Å². The summed E-state index contributed by atoms with van der Waals surface area (Å²) in [6.07, 6.45) is 5.90. The quantitative estimate of drug-likeness (QED) is 0.617. The molecule has 1 amide bonds. The lowest BCUT2D eigenvalue weighted by molar-refractivity contribution is -0.133. The van der Waals surface area contributed by atoms with Crippen molar-refractivity contribution in [1.82, 2.24) is 4.90 Å². The van der Waals surface area contributed by atoms with Crippen LogP contribution < -0.4 is 0 Å². The summed E-state index contributed by atoms with van der Waals surface area (Å²) < 4.78 is 5.10. The van der Waals surface area contributed by atoms with Crippen molar-refractivity contribution < 1.29 is 14.3 Å². The highest BCUT2D eigenvalue weighted by molar-refractivity contribution is 7.14. The van der Waals surface area contributed by atoms with E-state index >= 15 is 0 Å². The van der Waals surface area contributed by atoms with Gasteiger partial charge in [0.05, 0.1) is 12.5 Å². The third-order valence-electron chi connectivity index (χ3n) is 3.76. The van der Waals surface area contributed by atoms with Crippen LogP contribution in [0.2, 0.25) is 0 Å². The molecule has 0 saturated heterocycles. The minimum Gasteiger partial charge on any atom is -0.451 e. The molecular weight excluding hydrogens is 300 g/mol. The Bertz CT molecular complexity index is 565. The third-order valence-corrected chi connectivity index (χ3v) is 4.98. The second-order valence-electron chi connectivity index (χ2n) is 5.42. The van der Waals surface area contributed by atoms with Crippen molar-refractivity contribution in [3.63, 3.8) is 0 Å². The van der Waals surface area contributed by atoms with E-state index in [2.05, 4.69) is 0 Å². The van der Waals surface area contributed by atoms with Gasteiger partial charge in [0.15, 0.2) is 6.61 Å². The van der Waals surface area contributed by atoms with Crippen molar-refractivity contribution in [2.45, 2.75) is 38.5 Å². The number of ether oxygens (including phenoxy) is 1. The number of carbonyl (C=O) groups is 2. The Hall–Kier alpha value is -1.87. The SMILES string of the molecule is CN(CCC#N)C(=O)COC(=O)c1cc2c(s1)CCCCC2. The zero-order valence-corrected chi connectivity index (χ0v) is 13.6. The van der Waals surface area contributed by atoms with Crippen molar-refractivity contribution in [2.24, 2.45) is 0 Å². The van der Waals surface area contributed by atoms with Crippen LogP contribution in [0.15, 0.2) is 6.07 Å². The van der Waals surface area contributed by atoms with Gasteiger partial charge in [-0.2, -0.15) is 5.26 Å². The number of thiophene rings is 1. The molecule has 1 aliphatic carbocycles. The van der Waals surface area contributed by atoms with Gasteiger partial charge in [0, 0.05) is 18.5 Å². The van der Waals surface area contributed by atoms with E-state index in [9.17, 15) is 9.59 Å². The van der Waals surface area contributed by atoms with Crippen molar-refractivity contribution in [1.29, 1.82) is 5.26 Å². The summed E-state index contributed by atoms with van der Waals surface area (Å²) in [4.78, 5) is 27.1. The van der Waals surface area contributed by atoms with Gasteiger partial charge < -0.3 is 9.64 Å². The number of aryl methyl sites for hydroxylation is 2. The predicted molar refractivity (Wildman–Crippen MR) is 83.7 cm³/mol. The minimum atomic E-state index is -0.430. The number of likely N-dealkylation sites (N-methyl/N-ethyl adjacent to an activating group) is 1. The number of hydrogen-bond acceptors (Lipinski definition) is 5. The molecule has 0 spiro atoms. The molecule has 0 saturated carbocycles.